The topological polar surface area (TPSA) is 63.9 Å². The molecule has 0 aliphatic heterocycles. The van der Waals surface area contributed by atoms with Crippen LogP contribution in [0.3, 0.4) is 0 Å². The van der Waals surface area contributed by atoms with Crippen molar-refractivity contribution in [2.75, 3.05) is 12.8 Å². The SMILES string of the molecule is COc1ccc(C)c(C)c1-c1cc(N)n[nH]1. The predicted octanol–water partition coefficient (Wildman–Crippen LogP) is 2.28. The molecule has 2 aromatic rings. The molecule has 2 rings (SSSR count). The van der Waals surface area contributed by atoms with Crippen LogP contribution in [0.4, 0.5) is 5.82 Å². The van der Waals surface area contributed by atoms with E-state index in [-0.39, 0.29) is 0 Å². The largest absolute Gasteiger partial charge is 0.496 e. The second-order valence-electron chi connectivity index (χ2n) is 3.79. The van der Waals surface area contributed by atoms with E-state index in [1.165, 1.54) is 11.1 Å². The fourth-order valence-electron chi connectivity index (χ4n) is 1.76. The van der Waals surface area contributed by atoms with Gasteiger partial charge in [0.05, 0.1) is 12.8 Å². The second-order valence-corrected chi connectivity index (χ2v) is 3.79. The zero-order valence-corrected chi connectivity index (χ0v) is 9.66. The number of anilines is 1. The van der Waals surface area contributed by atoms with Gasteiger partial charge in [0.2, 0.25) is 0 Å². The summed E-state index contributed by atoms with van der Waals surface area (Å²) in [7, 11) is 1.66. The molecular formula is C12H15N3O. The average Bonchev–Trinajstić information content (AvgIpc) is 2.68. The Labute approximate surface area is 94.4 Å². The Morgan fingerprint density at radius 2 is 2.06 bits per heavy atom. The number of aryl methyl sites for hydroxylation is 1. The minimum atomic E-state index is 0.484. The maximum absolute atomic E-state index is 5.61. The highest BCUT2D eigenvalue weighted by atomic mass is 16.5. The van der Waals surface area contributed by atoms with Crippen LogP contribution in [-0.4, -0.2) is 17.3 Å². The molecule has 0 unspecified atom stereocenters. The van der Waals surface area contributed by atoms with Gasteiger partial charge in [-0.3, -0.25) is 5.10 Å². The van der Waals surface area contributed by atoms with Gasteiger partial charge in [0.15, 0.2) is 0 Å². The molecule has 0 amide bonds. The van der Waals surface area contributed by atoms with E-state index >= 15 is 0 Å². The van der Waals surface area contributed by atoms with Crippen molar-refractivity contribution in [3.63, 3.8) is 0 Å². The van der Waals surface area contributed by atoms with Gasteiger partial charge < -0.3 is 10.5 Å². The van der Waals surface area contributed by atoms with Crippen LogP contribution in [0.15, 0.2) is 18.2 Å². The van der Waals surface area contributed by atoms with E-state index in [1.54, 1.807) is 7.11 Å². The summed E-state index contributed by atoms with van der Waals surface area (Å²) >= 11 is 0. The Hall–Kier alpha value is -1.97. The van der Waals surface area contributed by atoms with Gasteiger partial charge in [-0.15, -0.1) is 0 Å². The number of hydrogen-bond donors (Lipinski definition) is 2. The molecule has 0 aliphatic rings. The quantitative estimate of drug-likeness (QED) is 0.811. The van der Waals surface area contributed by atoms with Gasteiger partial charge in [-0.2, -0.15) is 5.10 Å². The standard InChI is InChI=1S/C12H15N3O/c1-7-4-5-10(16-3)12(8(7)2)9-6-11(13)15-14-9/h4-6H,1-3H3,(H3,13,14,15). The van der Waals surface area contributed by atoms with E-state index in [9.17, 15) is 0 Å². The summed E-state index contributed by atoms with van der Waals surface area (Å²) < 4.78 is 5.36. The molecule has 0 bridgehead atoms. The summed E-state index contributed by atoms with van der Waals surface area (Å²) in [6.45, 7) is 4.13. The highest BCUT2D eigenvalue weighted by molar-refractivity contribution is 5.73. The number of aromatic nitrogens is 2. The summed E-state index contributed by atoms with van der Waals surface area (Å²) in [5.41, 5.74) is 9.90. The van der Waals surface area contributed by atoms with Crippen molar-refractivity contribution in [2.24, 2.45) is 0 Å². The third-order valence-corrected chi connectivity index (χ3v) is 2.78. The maximum atomic E-state index is 5.61. The van der Waals surface area contributed by atoms with Gasteiger partial charge in [0.1, 0.15) is 11.6 Å². The average molecular weight is 217 g/mol. The van der Waals surface area contributed by atoms with Crippen molar-refractivity contribution >= 4 is 5.82 Å². The number of aromatic amines is 1. The van der Waals surface area contributed by atoms with Gasteiger partial charge in [0, 0.05) is 11.6 Å². The number of rotatable bonds is 2. The van der Waals surface area contributed by atoms with Crippen LogP contribution in [-0.2, 0) is 0 Å². The molecule has 0 fully saturated rings. The van der Waals surface area contributed by atoms with E-state index in [4.69, 9.17) is 10.5 Å². The number of methoxy groups -OCH3 is 1. The van der Waals surface area contributed by atoms with Crippen molar-refractivity contribution in [3.8, 4) is 17.0 Å². The molecule has 0 aliphatic carbocycles. The monoisotopic (exact) mass is 217 g/mol. The molecule has 1 aromatic heterocycles. The first-order chi connectivity index (χ1) is 7.63. The molecule has 1 heterocycles. The zero-order chi connectivity index (χ0) is 11.7. The number of nitrogens with one attached hydrogen (secondary N) is 1. The van der Waals surface area contributed by atoms with Crippen LogP contribution < -0.4 is 10.5 Å². The van der Waals surface area contributed by atoms with Crippen LogP contribution >= 0.6 is 0 Å². The Morgan fingerprint density at radius 1 is 1.31 bits per heavy atom. The molecule has 0 saturated carbocycles. The fourth-order valence-corrected chi connectivity index (χ4v) is 1.76. The minimum absolute atomic E-state index is 0.484. The molecule has 0 atom stereocenters. The molecule has 4 nitrogen and oxygen atoms in total. The Balaban J connectivity index is 2.66. The summed E-state index contributed by atoms with van der Waals surface area (Å²) in [6.07, 6.45) is 0. The number of nitrogens with two attached hydrogens (primary N) is 1. The smallest absolute Gasteiger partial charge is 0.145 e. The first kappa shape index (κ1) is 10.5. The lowest BCUT2D eigenvalue weighted by Crippen LogP contribution is -1.93. The number of hydrogen-bond acceptors (Lipinski definition) is 3. The number of nitrogens with zero attached hydrogens (tertiary/aromatic N) is 1. The number of benzene rings is 1. The van der Waals surface area contributed by atoms with Crippen LogP contribution in [0.5, 0.6) is 5.75 Å². The minimum Gasteiger partial charge on any atom is -0.496 e. The number of H-pyrrole nitrogens is 1. The van der Waals surface area contributed by atoms with Crippen molar-refractivity contribution in [1.82, 2.24) is 10.2 Å². The van der Waals surface area contributed by atoms with Crippen LogP contribution in [0.1, 0.15) is 11.1 Å². The lowest BCUT2D eigenvalue weighted by atomic mass is 10.00. The van der Waals surface area contributed by atoms with Gasteiger partial charge in [-0.1, -0.05) is 6.07 Å². The van der Waals surface area contributed by atoms with E-state index in [2.05, 4.69) is 24.0 Å². The van der Waals surface area contributed by atoms with Crippen molar-refractivity contribution in [2.45, 2.75) is 13.8 Å². The fraction of sp³-hybridized carbons (Fsp3) is 0.250. The first-order valence-corrected chi connectivity index (χ1v) is 5.09. The second kappa shape index (κ2) is 3.89. The molecule has 16 heavy (non-hydrogen) atoms. The summed E-state index contributed by atoms with van der Waals surface area (Å²) in [5, 5.41) is 6.85. The lowest BCUT2D eigenvalue weighted by molar-refractivity contribution is 0.416. The van der Waals surface area contributed by atoms with Gasteiger partial charge in [-0.05, 0) is 31.0 Å². The van der Waals surface area contributed by atoms with Crippen LogP contribution in [0.2, 0.25) is 0 Å². The third-order valence-electron chi connectivity index (χ3n) is 2.78. The highest BCUT2D eigenvalue weighted by Crippen LogP contribution is 2.34. The Kier molecular flexibility index (Phi) is 2.56. The molecule has 3 N–H and O–H groups in total. The zero-order valence-electron chi connectivity index (χ0n) is 9.66. The normalized spacial score (nSPS) is 10.4. The van der Waals surface area contributed by atoms with E-state index < -0.39 is 0 Å². The number of ether oxygens (including phenoxy) is 1. The van der Waals surface area contributed by atoms with Gasteiger partial charge in [0.25, 0.3) is 0 Å². The molecule has 4 heteroatoms. The molecule has 0 spiro atoms. The van der Waals surface area contributed by atoms with Crippen molar-refractivity contribution in [1.29, 1.82) is 0 Å². The molecular weight excluding hydrogens is 202 g/mol. The molecule has 1 aromatic carbocycles. The van der Waals surface area contributed by atoms with Crippen LogP contribution in [0.25, 0.3) is 11.3 Å². The Bertz CT molecular complexity index is 517. The van der Waals surface area contributed by atoms with Gasteiger partial charge >= 0.3 is 0 Å². The third kappa shape index (κ3) is 1.62. The highest BCUT2D eigenvalue weighted by Gasteiger charge is 2.12. The van der Waals surface area contributed by atoms with E-state index in [1.807, 2.05) is 18.2 Å². The predicted molar refractivity (Wildman–Crippen MR) is 64.5 cm³/mol. The molecule has 84 valence electrons. The summed E-state index contributed by atoms with van der Waals surface area (Å²) in [4.78, 5) is 0. The summed E-state index contributed by atoms with van der Waals surface area (Å²) in [5.74, 6) is 1.31. The lowest BCUT2D eigenvalue weighted by Gasteiger charge is -2.12. The maximum Gasteiger partial charge on any atom is 0.145 e. The number of nitrogen functional groups attached to an aromatic ring is 1. The molecule has 0 saturated heterocycles. The van der Waals surface area contributed by atoms with E-state index in [0.717, 1.165) is 17.0 Å². The van der Waals surface area contributed by atoms with Crippen molar-refractivity contribution < 1.29 is 4.74 Å². The van der Waals surface area contributed by atoms with E-state index in [0.29, 0.717) is 5.82 Å². The molecule has 0 radical (unpaired) electrons. The van der Waals surface area contributed by atoms with Crippen molar-refractivity contribution in [3.05, 3.63) is 29.3 Å². The van der Waals surface area contributed by atoms with Gasteiger partial charge in [-0.25, -0.2) is 0 Å². The summed E-state index contributed by atoms with van der Waals surface area (Å²) in [6, 6.07) is 5.80. The van der Waals surface area contributed by atoms with Crippen LogP contribution in [0, 0.1) is 13.8 Å². The Morgan fingerprint density at radius 3 is 2.62 bits per heavy atom. The first-order valence-electron chi connectivity index (χ1n) is 5.09.